The second kappa shape index (κ2) is 8.39. The smallest absolute Gasteiger partial charge is 0.267 e. The summed E-state index contributed by atoms with van der Waals surface area (Å²) in [6.07, 6.45) is 1.16. The Kier molecular flexibility index (Phi) is 6.86. The minimum Gasteiger partial charge on any atom is -0.329 e. The summed E-state index contributed by atoms with van der Waals surface area (Å²) in [7, 11) is 0. The van der Waals surface area contributed by atoms with Crippen molar-refractivity contribution in [3.05, 3.63) is 40.0 Å². The van der Waals surface area contributed by atoms with Gasteiger partial charge >= 0.3 is 0 Å². The molecule has 0 saturated heterocycles. The third kappa shape index (κ3) is 5.04. The number of carbonyl (C=O) groups excluding carboxylic acids is 2. The van der Waals surface area contributed by atoms with Crippen LogP contribution in [0.1, 0.15) is 6.92 Å². The fourth-order valence-electron chi connectivity index (χ4n) is 1.53. The molecule has 0 aliphatic rings. The molecule has 0 atom stereocenters. The van der Waals surface area contributed by atoms with E-state index in [1.165, 1.54) is 24.0 Å². The number of amides is 2. The van der Waals surface area contributed by atoms with Gasteiger partial charge in [-0.3, -0.25) is 9.59 Å². The number of rotatable bonds is 5. The second-order valence-electron chi connectivity index (χ2n) is 4.23. The Labute approximate surface area is 138 Å². The van der Waals surface area contributed by atoms with Crippen LogP contribution in [0.15, 0.2) is 30.0 Å². The normalized spacial score (nSPS) is 10.8. The summed E-state index contributed by atoms with van der Waals surface area (Å²) in [5.74, 6) is -1.01. The molecular weight excluding hydrogens is 327 g/mol. The average Bonchev–Trinajstić information content (AvgIpc) is 2.46. The molecule has 0 aliphatic carbocycles. The lowest BCUT2D eigenvalue weighted by atomic mass is 10.2. The molecule has 0 unspecified atom stereocenters. The lowest BCUT2D eigenvalue weighted by molar-refractivity contribution is -0.126. The number of nitrogens with two attached hydrogens (primary N) is 1. The van der Waals surface area contributed by atoms with Crippen molar-refractivity contribution in [1.29, 1.82) is 5.26 Å². The molecule has 0 aliphatic heterocycles. The van der Waals surface area contributed by atoms with Gasteiger partial charge < -0.3 is 16.0 Å². The van der Waals surface area contributed by atoms with Gasteiger partial charge in [-0.25, -0.2) is 0 Å². The Morgan fingerprint density at radius 2 is 2.14 bits per heavy atom. The zero-order chi connectivity index (χ0) is 16.7. The van der Waals surface area contributed by atoms with Crippen LogP contribution < -0.4 is 11.1 Å². The minimum absolute atomic E-state index is 0.204. The van der Waals surface area contributed by atoms with Crippen LogP contribution in [0.4, 0.5) is 5.69 Å². The van der Waals surface area contributed by atoms with Crippen LogP contribution in [0.25, 0.3) is 0 Å². The summed E-state index contributed by atoms with van der Waals surface area (Å²) in [6, 6.07) is 6.27. The quantitative estimate of drug-likeness (QED) is 0.633. The van der Waals surface area contributed by atoms with Crippen molar-refractivity contribution in [3.63, 3.8) is 0 Å². The average molecular weight is 341 g/mol. The van der Waals surface area contributed by atoms with E-state index in [9.17, 15) is 9.59 Å². The van der Waals surface area contributed by atoms with Crippen LogP contribution in [0.5, 0.6) is 0 Å². The first kappa shape index (κ1) is 18.0. The van der Waals surface area contributed by atoms with E-state index in [0.29, 0.717) is 10.7 Å². The fraction of sp³-hybridized carbons (Fsp3) is 0.214. The number of nitrogens with zero attached hydrogens (tertiary/aromatic N) is 2. The molecule has 0 saturated carbocycles. The number of hydrogen-bond acceptors (Lipinski definition) is 4. The molecule has 1 rings (SSSR count). The summed E-state index contributed by atoms with van der Waals surface area (Å²) in [6.45, 7) is 1.73. The van der Waals surface area contributed by atoms with Gasteiger partial charge in [0, 0.05) is 31.2 Å². The second-order valence-corrected chi connectivity index (χ2v) is 5.08. The molecule has 0 heterocycles. The summed E-state index contributed by atoms with van der Waals surface area (Å²) in [5.41, 5.74) is 5.45. The monoisotopic (exact) mass is 340 g/mol. The van der Waals surface area contributed by atoms with Crippen LogP contribution >= 0.6 is 23.2 Å². The lowest BCUT2D eigenvalue weighted by Gasteiger charge is -2.15. The highest BCUT2D eigenvalue weighted by atomic mass is 35.5. The Morgan fingerprint density at radius 1 is 1.45 bits per heavy atom. The van der Waals surface area contributed by atoms with Crippen molar-refractivity contribution in [2.75, 3.05) is 18.4 Å². The van der Waals surface area contributed by atoms with Gasteiger partial charge in [-0.1, -0.05) is 23.2 Å². The maximum absolute atomic E-state index is 12.1. The van der Waals surface area contributed by atoms with Gasteiger partial charge in [0.1, 0.15) is 11.6 Å². The van der Waals surface area contributed by atoms with Gasteiger partial charge in [0.15, 0.2) is 0 Å². The summed E-state index contributed by atoms with van der Waals surface area (Å²) in [5, 5.41) is 12.2. The standard InChI is InChI=1S/C14H14Cl2N4O2/c1-9(21)20(5-4-17)8-10(7-18)14(22)19-13-3-2-11(15)6-12(13)16/h2-3,6,8H,4-5,17H2,1H3,(H,19,22)/b10-8-. The zero-order valence-electron chi connectivity index (χ0n) is 11.8. The third-order valence-electron chi connectivity index (χ3n) is 2.60. The topological polar surface area (TPSA) is 99.2 Å². The third-order valence-corrected chi connectivity index (χ3v) is 3.15. The number of carbonyl (C=O) groups is 2. The molecule has 1 aromatic rings. The Bertz CT molecular complexity index is 653. The van der Waals surface area contributed by atoms with E-state index in [2.05, 4.69) is 5.32 Å². The number of hydrogen-bond donors (Lipinski definition) is 2. The number of nitriles is 1. The molecule has 2 amide bonds. The van der Waals surface area contributed by atoms with Crippen LogP contribution in [0.2, 0.25) is 10.0 Å². The highest BCUT2D eigenvalue weighted by Crippen LogP contribution is 2.25. The van der Waals surface area contributed by atoms with Crippen LogP contribution in [0, 0.1) is 11.3 Å². The van der Waals surface area contributed by atoms with E-state index in [4.69, 9.17) is 34.2 Å². The van der Waals surface area contributed by atoms with Gasteiger partial charge in [0.25, 0.3) is 5.91 Å². The van der Waals surface area contributed by atoms with Gasteiger partial charge in [0.05, 0.1) is 10.7 Å². The molecule has 0 radical (unpaired) electrons. The zero-order valence-corrected chi connectivity index (χ0v) is 13.3. The van der Waals surface area contributed by atoms with E-state index in [1.54, 1.807) is 12.1 Å². The molecule has 22 heavy (non-hydrogen) atoms. The van der Waals surface area contributed by atoms with Crippen LogP contribution in [-0.2, 0) is 9.59 Å². The van der Waals surface area contributed by atoms with Gasteiger partial charge in [0.2, 0.25) is 5.91 Å². The first-order valence-corrected chi connectivity index (χ1v) is 7.00. The summed E-state index contributed by atoms with van der Waals surface area (Å²) < 4.78 is 0. The highest BCUT2D eigenvalue weighted by molar-refractivity contribution is 6.36. The SMILES string of the molecule is CC(=O)N(/C=C(/C#N)C(=O)Nc1ccc(Cl)cc1Cl)CCN. The van der Waals surface area contributed by atoms with E-state index >= 15 is 0 Å². The maximum atomic E-state index is 12.1. The molecule has 0 aromatic heterocycles. The molecule has 3 N–H and O–H groups in total. The minimum atomic E-state index is -0.685. The van der Waals surface area contributed by atoms with Gasteiger partial charge in [-0.15, -0.1) is 0 Å². The molecule has 8 heteroatoms. The largest absolute Gasteiger partial charge is 0.329 e. The predicted octanol–water partition coefficient (Wildman–Crippen LogP) is 2.15. The Morgan fingerprint density at radius 3 is 2.64 bits per heavy atom. The lowest BCUT2D eigenvalue weighted by Crippen LogP contribution is -2.30. The highest BCUT2D eigenvalue weighted by Gasteiger charge is 2.14. The first-order valence-electron chi connectivity index (χ1n) is 6.24. The van der Waals surface area contributed by atoms with Gasteiger partial charge in [-0.05, 0) is 18.2 Å². The van der Waals surface area contributed by atoms with E-state index in [1.807, 2.05) is 0 Å². The maximum Gasteiger partial charge on any atom is 0.267 e. The molecular formula is C14H14Cl2N4O2. The van der Waals surface area contributed by atoms with Crippen molar-refractivity contribution in [2.24, 2.45) is 5.73 Å². The van der Waals surface area contributed by atoms with Crippen LogP contribution in [0.3, 0.4) is 0 Å². The molecule has 0 spiro atoms. The predicted molar refractivity (Wildman–Crippen MR) is 85.2 cm³/mol. The Balaban J connectivity index is 2.97. The number of halogens is 2. The fourth-order valence-corrected chi connectivity index (χ4v) is 1.98. The van der Waals surface area contributed by atoms with E-state index in [0.717, 1.165) is 6.20 Å². The van der Waals surface area contributed by atoms with E-state index < -0.39 is 5.91 Å². The number of anilines is 1. The van der Waals surface area contributed by atoms with Crippen molar-refractivity contribution in [2.45, 2.75) is 6.92 Å². The molecule has 116 valence electrons. The van der Waals surface area contributed by atoms with Crippen LogP contribution in [-0.4, -0.2) is 29.8 Å². The number of nitrogens with one attached hydrogen (secondary N) is 1. The van der Waals surface area contributed by atoms with E-state index in [-0.39, 0.29) is 29.6 Å². The molecule has 0 bridgehead atoms. The van der Waals surface area contributed by atoms with Crippen molar-refractivity contribution < 1.29 is 9.59 Å². The molecule has 1 aromatic carbocycles. The molecule has 6 nitrogen and oxygen atoms in total. The van der Waals surface area contributed by atoms with Crippen molar-refractivity contribution >= 4 is 40.7 Å². The molecule has 0 fully saturated rings. The first-order chi connectivity index (χ1) is 10.4. The summed E-state index contributed by atoms with van der Waals surface area (Å²) in [4.78, 5) is 24.7. The summed E-state index contributed by atoms with van der Waals surface area (Å²) >= 11 is 11.7. The van der Waals surface area contributed by atoms with Gasteiger partial charge in [-0.2, -0.15) is 5.26 Å². The number of benzene rings is 1. The Hall–Kier alpha value is -2.07. The van der Waals surface area contributed by atoms with Crippen molar-refractivity contribution in [1.82, 2.24) is 4.90 Å². The van der Waals surface area contributed by atoms with Crippen molar-refractivity contribution in [3.8, 4) is 6.07 Å².